The lowest BCUT2D eigenvalue weighted by atomic mass is 9.55. The van der Waals surface area contributed by atoms with Gasteiger partial charge in [0.2, 0.25) is 12.6 Å². The average molecular weight is 828 g/mol. The lowest BCUT2D eigenvalue weighted by Crippen LogP contribution is -2.70. The number of oxime groups is 1. The monoisotopic (exact) mass is 827 g/mol. The van der Waals surface area contributed by atoms with Crippen molar-refractivity contribution in [2.24, 2.45) is 22.9 Å². The molecule has 4 aliphatic rings. The highest BCUT2D eigenvalue weighted by Gasteiger charge is 2.65. The number of aromatic hydroxyl groups is 1. The van der Waals surface area contributed by atoms with Gasteiger partial charge in [0.25, 0.3) is 5.69 Å². The summed E-state index contributed by atoms with van der Waals surface area (Å²) in [6.45, 7) is 6.17. The Morgan fingerprint density at radius 2 is 1.73 bits per heavy atom. The summed E-state index contributed by atoms with van der Waals surface area (Å²) in [4.78, 5) is 33.0. The summed E-state index contributed by atoms with van der Waals surface area (Å²) in [6.07, 6.45) is 7.59. The molecule has 60 heavy (non-hydrogen) atoms. The SMILES string of the molecule is C=CCO[C@@]12Oc3ccc(O)cc3[C@H]3[C@H](CCCCO)[C@@H](CCCCO)C=C(C(=NOCc4ccc([N+](=O)[O-])cc4)C[C@@H]1N(Cc1ccc4c(c1)OCO4)C(=O)OCC)[C@H]32. The summed E-state index contributed by atoms with van der Waals surface area (Å²) in [5.41, 5.74) is 3.53. The number of aliphatic hydroxyl groups is 2. The fraction of sp³-hybridized carbons (Fsp3) is 0.467. The van der Waals surface area contributed by atoms with Gasteiger partial charge in [0, 0.05) is 49.8 Å². The van der Waals surface area contributed by atoms with Crippen LogP contribution >= 0.6 is 0 Å². The lowest BCUT2D eigenvalue weighted by molar-refractivity contribution is -0.384. The van der Waals surface area contributed by atoms with E-state index in [0.717, 1.165) is 42.4 Å². The molecule has 1 fully saturated rings. The molecule has 7 rings (SSSR count). The van der Waals surface area contributed by atoms with Gasteiger partial charge in [-0.15, -0.1) is 6.58 Å². The largest absolute Gasteiger partial charge is 0.508 e. The Kier molecular flexibility index (Phi) is 13.6. The van der Waals surface area contributed by atoms with Crippen LogP contribution in [0.15, 0.2) is 90.1 Å². The zero-order valence-electron chi connectivity index (χ0n) is 33.8. The lowest BCUT2D eigenvalue weighted by Gasteiger charge is -2.59. The summed E-state index contributed by atoms with van der Waals surface area (Å²) in [7, 11) is 0. The molecule has 6 atom stereocenters. The van der Waals surface area contributed by atoms with E-state index in [1.165, 1.54) is 12.1 Å². The van der Waals surface area contributed by atoms with Crippen molar-refractivity contribution < 1.29 is 53.6 Å². The van der Waals surface area contributed by atoms with Gasteiger partial charge in [0.05, 0.1) is 29.8 Å². The van der Waals surface area contributed by atoms with Crippen molar-refractivity contribution in [2.75, 3.05) is 33.2 Å². The number of nitro groups is 1. The smallest absolute Gasteiger partial charge is 0.410 e. The zero-order chi connectivity index (χ0) is 42.2. The number of aliphatic hydroxyl groups excluding tert-OH is 2. The molecular weight excluding hydrogens is 775 g/mol. The number of rotatable bonds is 19. The molecule has 3 aromatic rings. The highest BCUT2D eigenvalue weighted by molar-refractivity contribution is 6.03. The number of non-ortho nitro benzene ring substituents is 1. The van der Waals surface area contributed by atoms with E-state index < -0.39 is 28.8 Å². The zero-order valence-corrected chi connectivity index (χ0v) is 33.8. The third-order valence-corrected chi connectivity index (χ3v) is 11.9. The van der Waals surface area contributed by atoms with Crippen LogP contribution in [0.25, 0.3) is 0 Å². The highest BCUT2D eigenvalue weighted by atomic mass is 16.7. The van der Waals surface area contributed by atoms with E-state index in [0.29, 0.717) is 41.4 Å². The molecule has 15 nitrogen and oxygen atoms in total. The van der Waals surface area contributed by atoms with Crippen LogP contribution in [0.2, 0.25) is 0 Å². The van der Waals surface area contributed by atoms with E-state index in [1.807, 2.05) is 12.1 Å². The number of phenols is 1. The fourth-order valence-corrected chi connectivity index (χ4v) is 9.30. The Bertz CT molecular complexity index is 2070. The second kappa shape index (κ2) is 19.2. The van der Waals surface area contributed by atoms with Crippen LogP contribution in [0, 0.1) is 27.9 Å². The third kappa shape index (κ3) is 8.79. The topological polar surface area (TPSA) is 192 Å². The predicted octanol–water partition coefficient (Wildman–Crippen LogP) is 7.52. The van der Waals surface area contributed by atoms with Gasteiger partial charge < -0.3 is 43.8 Å². The van der Waals surface area contributed by atoms with Crippen LogP contribution < -0.4 is 14.2 Å². The van der Waals surface area contributed by atoms with E-state index in [4.69, 9.17) is 33.7 Å². The van der Waals surface area contributed by atoms with Crippen molar-refractivity contribution in [2.45, 2.75) is 82.8 Å². The molecule has 3 aromatic carbocycles. The molecule has 0 radical (unpaired) electrons. The number of ether oxygens (including phenoxy) is 5. The molecule has 0 aromatic heterocycles. The van der Waals surface area contributed by atoms with E-state index in [-0.39, 0.29) is 82.0 Å². The van der Waals surface area contributed by atoms with Gasteiger partial charge in [-0.1, -0.05) is 36.2 Å². The number of nitrogens with zero attached hydrogens (tertiary/aromatic N) is 3. The number of nitro benzene ring substituents is 1. The summed E-state index contributed by atoms with van der Waals surface area (Å²) >= 11 is 0. The second-order valence-corrected chi connectivity index (χ2v) is 15.5. The molecule has 1 amide bonds. The van der Waals surface area contributed by atoms with Gasteiger partial charge >= 0.3 is 6.09 Å². The number of carbonyl (C=O) groups is 1. The van der Waals surface area contributed by atoms with E-state index in [9.17, 15) is 30.2 Å². The first-order valence-corrected chi connectivity index (χ1v) is 20.7. The second-order valence-electron chi connectivity index (χ2n) is 15.5. The first-order valence-electron chi connectivity index (χ1n) is 20.7. The number of amides is 1. The normalized spacial score (nSPS) is 24.1. The third-order valence-electron chi connectivity index (χ3n) is 11.9. The van der Waals surface area contributed by atoms with Gasteiger partial charge in [-0.2, -0.15) is 0 Å². The first kappa shape index (κ1) is 42.5. The molecule has 15 heteroatoms. The molecule has 1 saturated carbocycles. The molecular formula is C45H53N3O12. The van der Waals surface area contributed by atoms with Crippen molar-refractivity contribution in [3.63, 3.8) is 0 Å². The minimum atomic E-state index is -1.54. The minimum absolute atomic E-state index is 0.0110. The Hall–Kier alpha value is -5.64. The molecule has 0 bridgehead atoms. The number of hydrogen-bond donors (Lipinski definition) is 3. The average Bonchev–Trinajstić information content (AvgIpc) is 3.72. The van der Waals surface area contributed by atoms with Crippen LogP contribution in [-0.4, -0.2) is 82.0 Å². The molecule has 0 saturated heterocycles. The molecule has 0 unspecified atom stereocenters. The van der Waals surface area contributed by atoms with Crippen molar-refractivity contribution in [1.82, 2.24) is 4.90 Å². The summed E-state index contributed by atoms with van der Waals surface area (Å²) in [6, 6.07) is 15.7. The molecule has 2 aliphatic heterocycles. The van der Waals surface area contributed by atoms with Crippen LogP contribution in [0.3, 0.4) is 0 Å². The maximum absolute atomic E-state index is 14.4. The summed E-state index contributed by atoms with van der Waals surface area (Å²) in [5.74, 6) is -0.794. The van der Waals surface area contributed by atoms with E-state index in [1.54, 1.807) is 54.3 Å². The molecule has 3 N–H and O–H groups in total. The van der Waals surface area contributed by atoms with Gasteiger partial charge in [-0.3, -0.25) is 15.0 Å². The fourth-order valence-electron chi connectivity index (χ4n) is 9.30. The van der Waals surface area contributed by atoms with Crippen molar-refractivity contribution in [3.05, 3.63) is 112 Å². The van der Waals surface area contributed by atoms with Gasteiger partial charge in [-0.05, 0) is 104 Å². The summed E-state index contributed by atoms with van der Waals surface area (Å²) in [5, 5.41) is 46.8. The Labute approximate surface area is 348 Å². The van der Waals surface area contributed by atoms with Crippen LogP contribution in [-0.2, 0) is 27.5 Å². The minimum Gasteiger partial charge on any atom is -0.508 e. The molecule has 2 aliphatic carbocycles. The van der Waals surface area contributed by atoms with Gasteiger partial charge in [0.15, 0.2) is 11.5 Å². The van der Waals surface area contributed by atoms with Crippen LogP contribution in [0.1, 0.15) is 74.5 Å². The number of allylic oxidation sites excluding steroid dienone is 1. The Balaban J connectivity index is 1.41. The van der Waals surface area contributed by atoms with E-state index in [2.05, 4.69) is 12.7 Å². The number of carbonyl (C=O) groups excluding carboxylic acids is 1. The van der Waals surface area contributed by atoms with Crippen molar-refractivity contribution in [1.29, 1.82) is 0 Å². The Morgan fingerprint density at radius 3 is 2.47 bits per heavy atom. The highest BCUT2D eigenvalue weighted by Crippen LogP contribution is 2.62. The number of benzene rings is 3. The van der Waals surface area contributed by atoms with E-state index >= 15 is 0 Å². The van der Waals surface area contributed by atoms with Crippen molar-refractivity contribution >= 4 is 17.5 Å². The van der Waals surface area contributed by atoms with Crippen LogP contribution in [0.5, 0.6) is 23.0 Å². The van der Waals surface area contributed by atoms with Gasteiger partial charge in [0.1, 0.15) is 24.1 Å². The number of hydrogen-bond acceptors (Lipinski definition) is 13. The number of unbranched alkanes of at least 4 members (excludes halogenated alkanes) is 2. The summed E-state index contributed by atoms with van der Waals surface area (Å²) < 4.78 is 31.2. The number of phenolic OH excluding ortho intramolecular Hbond substituents is 1. The molecule has 2 heterocycles. The quantitative estimate of drug-likeness (QED) is 0.0467. The maximum Gasteiger partial charge on any atom is 0.410 e. The standard InChI is InChI=1S/C45H53N3O12/c1-3-21-58-45-41(47(44(52)55-4-2)26-30-13-17-39-40(22-30)57-28-56-39)25-37(46-59-27-29-11-14-32(15-12-29)48(53)54)35-23-31(9-5-7-19-49)34(10-6-8-20-50)42(43(35)45)36-24-33(51)16-18-38(36)60-45/h3,11-18,22-24,31,34,41-43,49-51H,1,4-10,19-21,25-28H2,2H3/t31-,34+,41-,42+,43+,45+/m0/s1. The maximum atomic E-state index is 14.4. The first-order chi connectivity index (χ1) is 29.2. The Morgan fingerprint density at radius 1 is 1.00 bits per heavy atom. The molecule has 0 spiro atoms. The van der Waals surface area contributed by atoms with Gasteiger partial charge in [-0.25, -0.2) is 4.79 Å². The predicted molar refractivity (Wildman–Crippen MR) is 220 cm³/mol. The van der Waals surface area contributed by atoms with Crippen molar-refractivity contribution in [3.8, 4) is 23.0 Å². The number of fused-ring (bicyclic) bond motifs is 3. The van der Waals surface area contributed by atoms with Crippen LogP contribution in [0.4, 0.5) is 10.5 Å². The molecule has 320 valence electrons.